The molecule has 0 radical (unpaired) electrons. The van der Waals surface area contributed by atoms with Crippen molar-refractivity contribution >= 4 is 11.8 Å². The van der Waals surface area contributed by atoms with E-state index in [1.807, 2.05) is 6.92 Å². The van der Waals surface area contributed by atoms with E-state index in [2.05, 4.69) is 0 Å². The minimum absolute atomic E-state index is 0.0210. The van der Waals surface area contributed by atoms with E-state index in [0.29, 0.717) is 25.7 Å². The van der Waals surface area contributed by atoms with Gasteiger partial charge in [0.15, 0.2) is 5.78 Å². The van der Waals surface area contributed by atoms with Gasteiger partial charge in [-0.2, -0.15) is 0 Å². The van der Waals surface area contributed by atoms with Gasteiger partial charge in [0.1, 0.15) is 11.2 Å². The van der Waals surface area contributed by atoms with Gasteiger partial charge in [-0.1, -0.05) is 13.3 Å². The lowest BCUT2D eigenvalue weighted by atomic mass is 9.38. The molecular formula is C20H30O7. The fraction of sp³-hybridized carbons (Fsp3) is 0.900. The zero-order chi connectivity index (χ0) is 20.0. The molecule has 4 fully saturated rings. The van der Waals surface area contributed by atoms with Crippen LogP contribution < -0.4 is 0 Å². The van der Waals surface area contributed by atoms with E-state index < -0.39 is 57.8 Å². The summed E-state index contributed by atoms with van der Waals surface area (Å²) >= 11 is 0. The van der Waals surface area contributed by atoms with Gasteiger partial charge in [-0.25, -0.2) is 0 Å². The van der Waals surface area contributed by atoms with Gasteiger partial charge in [-0.15, -0.1) is 0 Å². The number of aliphatic hydroxyl groups excluding tert-OH is 2. The number of rotatable bonds is 2. The number of hydrogen-bond donors (Lipinski definition) is 5. The largest absolute Gasteiger partial charge is 0.481 e. The first kappa shape index (κ1) is 19.3. The Labute approximate surface area is 158 Å². The molecule has 0 heterocycles. The lowest BCUT2D eigenvalue weighted by Gasteiger charge is -2.67. The van der Waals surface area contributed by atoms with Crippen LogP contribution in [0.2, 0.25) is 0 Å². The van der Waals surface area contributed by atoms with Gasteiger partial charge in [0.05, 0.1) is 23.5 Å². The standard InChI is InChI=1S/C20H30O7/c1-16(15(24)25)5-3-6-17(2)12(16)4-7-18-9-11(8-13(22)20(17,18)27)19(26,10-21)14(18)23/h11-13,21-22,26-27H,3-10H2,1-2H3,(H,24,25)/t11-,12+,13-,16+,17+,18-,19-,20+/m0/s1. The summed E-state index contributed by atoms with van der Waals surface area (Å²) in [6, 6.07) is 0. The van der Waals surface area contributed by atoms with E-state index in [0.717, 1.165) is 0 Å². The first-order chi connectivity index (χ1) is 12.4. The highest BCUT2D eigenvalue weighted by molar-refractivity contribution is 5.97. The first-order valence-electron chi connectivity index (χ1n) is 9.96. The van der Waals surface area contributed by atoms with Crippen molar-refractivity contribution in [2.75, 3.05) is 6.61 Å². The van der Waals surface area contributed by atoms with Crippen LogP contribution in [0.15, 0.2) is 0 Å². The van der Waals surface area contributed by atoms with Gasteiger partial charge in [0.25, 0.3) is 0 Å². The molecule has 0 aromatic heterocycles. The Morgan fingerprint density at radius 3 is 2.44 bits per heavy atom. The molecule has 0 amide bonds. The number of hydrogen-bond acceptors (Lipinski definition) is 6. The van der Waals surface area contributed by atoms with Crippen molar-refractivity contribution in [3.63, 3.8) is 0 Å². The lowest BCUT2D eigenvalue weighted by molar-refractivity contribution is -0.290. The Balaban J connectivity index is 1.90. The van der Waals surface area contributed by atoms with E-state index in [-0.39, 0.29) is 25.2 Å². The third-order valence-electron chi connectivity index (χ3n) is 9.21. The second-order valence-electron chi connectivity index (χ2n) is 10.00. The van der Waals surface area contributed by atoms with Crippen LogP contribution in [0.3, 0.4) is 0 Å². The molecule has 0 aromatic rings. The van der Waals surface area contributed by atoms with Gasteiger partial charge >= 0.3 is 5.97 Å². The number of Topliss-reactive ketones (excluding diaryl/α,β-unsaturated/α-hetero) is 1. The maximum absolute atomic E-state index is 13.4. The highest BCUT2D eigenvalue weighted by Gasteiger charge is 2.81. The average Bonchev–Trinajstić information content (AvgIpc) is 2.79. The van der Waals surface area contributed by atoms with Crippen molar-refractivity contribution in [2.45, 2.75) is 76.1 Å². The minimum Gasteiger partial charge on any atom is -0.481 e. The van der Waals surface area contributed by atoms with Crippen molar-refractivity contribution < 1.29 is 35.1 Å². The number of aliphatic carboxylic acids is 1. The minimum atomic E-state index is -1.95. The number of carbonyl (C=O) groups is 2. The summed E-state index contributed by atoms with van der Waals surface area (Å²) in [4.78, 5) is 25.5. The Morgan fingerprint density at radius 1 is 1.19 bits per heavy atom. The summed E-state index contributed by atoms with van der Waals surface area (Å²) in [5.41, 5.74) is -7.09. The maximum atomic E-state index is 13.4. The summed E-state index contributed by atoms with van der Waals surface area (Å²) in [7, 11) is 0. The monoisotopic (exact) mass is 382 g/mol. The molecule has 0 aliphatic heterocycles. The normalized spacial score (nSPS) is 57.1. The van der Waals surface area contributed by atoms with Crippen LogP contribution in [-0.2, 0) is 9.59 Å². The second kappa shape index (κ2) is 5.32. The summed E-state index contributed by atoms with van der Waals surface area (Å²) in [5.74, 6) is -2.47. The van der Waals surface area contributed by atoms with Gasteiger partial charge < -0.3 is 25.5 Å². The molecule has 0 aromatic carbocycles. The van der Waals surface area contributed by atoms with Gasteiger partial charge in [-0.05, 0) is 51.4 Å². The molecule has 4 rings (SSSR count). The Morgan fingerprint density at radius 2 is 1.85 bits per heavy atom. The van der Waals surface area contributed by atoms with Gasteiger partial charge in [-0.3, -0.25) is 9.59 Å². The quantitative estimate of drug-likeness (QED) is 0.468. The molecule has 152 valence electrons. The molecule has 5 N–H and O–H groups in total. The molecule has 8 atom stereocenters. The molecule has 4 aliphatic carbocycles. The number of aliphatic hydroxyl groups is 4. The predicted octanol–water partition coefficient (Wildman–Crippen LogP) is 0.472. The topological polar surface area (TPSA) is 135 Å². The summed E-state index contributed by atoms with van der Waals surface area (Å²) in [5, 5.41) is 53.6. The van der Waals surface area contributed by atoms with Crippen LogP contribution in [0.25, 0.3) is 0 Å². The fourth-order valence-corrected chi connectivity index (χ4v) is 7.80. The third kappa shape index (κ3) is 1.83. The Bertz CT molecular complexity index is 708. The van der Waals surface area contributed by atoms with Crippen LogP contribution in [-0.4, -0.2) is 61.2 Å². The molecular weight excluding hydrogens is 352 g/mol. The Hall–Kier alpha value is -1.02. The van der Waals surface area contributed by atoms with Crippen LogP contribution in [0.4, 0.5) is 0 Å². The summed E-state index contributed by atoms with van der Waals surface area (Å²) in [6.07, 6.45) is 1.27. The van der Waals surface area contributed by atoms with E-state index in [4.69, 9.17) is 0 Å². The van der Waals surface area contributed by atoms with E-state index in [9.17, 15) is 35.1 Å². The summed E-state index contributed by atoms with van der Waals surface area (Å²) < 4.78 is 0. The molecule has 0 unspecified atom stereocenters. The summed E-state index contributed by atoms with van der Waals surface area (Å²) in [6.45, 7) is 2.79. The molecule has 1 spiro atoms. The average molecular weight is 382 g/mol. The molecule has 4 aliphatic rings. The zero-order valence-electron chi connectivity index (χ0n) is 15.9. The van der Waals surface area contributed by atoms with Gasteiger partial charge in [0, 0.05) is 11.3 Å². The van der Waals surface area contributed by atoms with Crippen molar-refractivity contribution in [1.82, 2.24) is 0 Å². The molecule has 0 saturated heterocycles. The third-order valence-corrected chi connectivity index (χ3v) is 9.21. The van der Waals surface area contributed by atoms with Gasteiger partial charge in [0.2, 0.25) is 0 Å². The zero-order valence-corrected chi connectivity index (χ0v) is 15.9. The second-order valence-corrected chi connectivity index (χ2v) is 10.00. The van der Waals surface area contributed by atoms with Crippen LogP contribution >= 0.6 is 0 Å². The lowest BCUT2D eigenvalue weighted by Crippen LogP contribution is -2.75. The van der Waals surface area contributed by atoms with Crippen molar-refractivity contribution in [2.24, 2.45) is 28.1 Å². The highest BCUT2D eigenvalue weighted by atomic mass is 16.4. The van der Waals surface area contributed by atoms with Crippen LogP contribution in [0.5, 0.6) is 0 Å². The van der Waals surface area contributed by atoms with E-state index in [1.54, 1.807) is 6.92 Å². The Kier molecular flexibility index (Phi) is 3.80. The molecule has 2 bridgehead atoms. The molecule has 27 heavy (non-hydrogen) atoms. The number of ketones is 1. The molecule has 7 nitrogen and oxygen atoms in total. The van der Waals surface area contributed by atoms with E-state index in [1.165, 1.54) is 0 Å². The number of carbonyl (C=O) groups excluding carboxylic acids is 1. The van der Waals surface area contributed by atoms with E-state index >= 15 is 0 Å². The predicted molar refractivity (Wildman–Crippen MR) is 93.6 cm³/mol. The fourth-order valence-electron chi connectivity index (χ4n) is 7.80. The number of carboxylic acid groups (broad SMARTS) is 1. The highest BCUT2D eigenvalue weighted by Crippen LogP contribution is 2.73. The van der Waals surface area contributed by atoms with Crippen molar-refractivity contribution in [3.8, 4) is 0 Å². The number of fused-ring (bicyclic) bond motifs is 3. The smallest absolute Gasteiger partial charge is 0.309 e. The van der Waals surface area contributed by atoms with Crippen LogP contribution in [0.1, 0.15) is 58.8 Å². The molecule has 7 heteroatoms. The van der Waals surface area contributed by atoms with Crippen LogP contribution in [0, 0.1) is 28.1 Å². The van der Waals surface area contributed by atoms with Crippen molar-refractivity contribution in [1.29, 1.82) is 0 Å². The number of carboxylic acids is 1. The van der Waals surface area contributed by atoms with Crippen molar-refractivity contribution in [3.05, 3.63) is 0 Å². The first-order valence-corrected chi connectivity index (χ1v) is 9.96. The maximum Gasteiger partial charge on any atom is 0.309 e. The SMILES string of the molecule is C[C@@]1(C(=O)O)CCC[C@]2(C)[C@@H]1CC[C@@]13C[C@H](C[C@H](O)[C@]12O)[C@@](O)(CO)C3=O. The molecule has 4 saturated carbocycles.